The molecule has 0 aromatic rings. The van der Waals surface area contributed by atoms with Crippen molar-refractivity contribution in [2.45, 2.75) is 31.0 Å². The summed E-state index contributed by atoms with van der Waals surface area (Å²) in [5, 5.41) is 13.1. The number of piperidine rings is 1. The maximum Gasteiger partial charge on any atom is 0.154 e. The van der Waals surface area contributed by atoms with Crippen LogP contribution >= 0.6 is 0 Å². The smallest absolute Gasteiger partial charge is 0.154 e. The summed E-state index contributed by atoms with van der Waals surface area (Å²) in [5.74, 6) is 0.0293. The molecule has 0 radical (unpaired) electrons. The molecule has 0 saturated carbocycles. The molecule has 2 atom stereocenters. The van der Waals surface area contributed by atoms with Crippen LogP contribution in [0.3, 0.4) is 0 Å². The Morgan fingerprint density at radius 3 is 2.38 bits per heavy atom. The summed E-state index contributed by atoms with van der Waals surface area (Å²) in [6, 6.07) is 0.183. The summed E-state index contributed by atoms with van der Waals surface area (Å²) < 4.78 is 22.9. The lowest BCUT2D eigenvalue weighted by Gasteiger charge is -2.36. The maximum absolute atomic E-state index is 11.4. The molecule has 0 aromatic heterocycles. The van der Waals surface area contributed by atoms with Gasteiger partial charge in [0.05, 0.1) is 23.7 Å². The maximum atomic E-state index is 11.4. The Bertz CT molecular complexity index is 338. The van der Waals surface area contributed by atoms with Gasteiger partial charge in [0.2, 0.25) is 0 Å². The minimum absolute atomic E-state index is 0.0764. The van der Waals surface area contributed by atoms with Gasteiger partial charge in [-0.15, -0.1) is 0 Å². The van der Waals surface area contributed by atoms with E-state index < -0.39 is 15.9 Å². The highest BCUT2D eigenvalue weighted by molar-refractivity contribution is 7.91. The monoisotopic (exact) mass is 248 g/mol. The minimum Gasteiger partial charge on any atom is -0.390 e. The second-order valence-corrected chi connectivity index (χ2v) is 7.01. The predicted molar refractivity (Wildman–Crippen MR) is 62.1 cm³/mol. The molecule has 2 unspecified atom stereocenters. The van der Waals surface area contributed by atoms with Crippen LogP contribution in [-0.2, 0) is 9.84 Å². The summed E-state index contributed by atoms with van der Waals surface area (Å²) in [4.78, 5) is 2.07. The molecule has 2 fully saturated rings. The minimum atomic E-state index is -3.04. The first-order valence-corrected chi connectivity index (χ1v) is 7.63. The van der Waals surface area contributed by atoms with Crippen LogP contribution in [0.5, 0.6) is 0 Å². The van der Waals surface area contributed by atoms with Crippen LogP contribution in [-0.4, -0.2) is 68.3 Å². The molecule has 0 amide bonds. The first-order valence-electron chi connectivity index (χ1n) is 5.81. The fraction of sp³-hybridized carbons (Fsp3) is 1.00. The second kappa shape index (κ2) is 4.60. The molecule has 0 spiro atoms. The lowest BCUT2D eigenvalue weighted by atomic mass is 10.0. The Balaban J connectivity index is 2.01. The zero-order valence-corrected chi connectivity index (χ0v) is 10.4. The fourth-order valence-corrected chi connectivity index (χ4v) is 4.54. The molecule has 0 bridgehead atoms. The largest absolute Gasteiger partial charge is 0.390 e. The van der Waals surface area contributed by atoms with Gasteiger partial charge in [0.15, 0.2) is 9.84 Å². The van der Waals surface area contributed by atoms with E-state index in [0.29, 0.717) is 6.04 Å². The molecule has 2 saturated heterocycles. The third kappa shape index (κ3) is 2.56. The Hall–Kier alpha value is -0.170. The molecule has 2 N–H and O–H groups in total. The average molecular weight is 248 g/mol. The van der Waals surface area contributed by atoms with Gasteiger partial charge in [0.1, 0.15) is 0 Å². The first-order chi connectivity index (χ1) is 7.49. The van der Waals surface area contributed by atoms with Crippen molar-refractivity contribution in [2.75, 3.05) is 31.6 Å². The van der Waals surface area contributed by atoms with E-state index >= 15 is 0 Å². The van der Waals surface area contributed by atoms with Crippen molar-refractivity contribution in [1.29, 1.82) is 0 Å². The number of aliphatic hydroxyl groups is 1. The number of sulfone groups is 1. The molecule has 2 heterocycles. The highest BCUT2D eigenvalue weighted by Gasteiger charge is 2.40. The van der Waals surface area contributed by atoms with E-state index in [0.717, 1.165) is 25.9 Å². The van der Waals surface area contributed by atoms with E-state index in [1.807, 2.05) is 7.05 Å². The van der Waals surface area contributed by atoms with Gasteiger partial charge in [-0.2, -0.15) is 0 Å². The molecule has 5 nitrogen and oxygen atoms in total. The van der Waals surface area contributed by atoms with Crippen molar-refractivity contribution in [2.24, 2.45) is 0 Å². The van der Waals surface area contributed by atoms with E-state index in [4.69, 9.17) is 0 Å². The highest BCUT2D eigenvalue weighted by Crippen LogP contribution is 2.22. The lowest BCUT2D eigenvalue weighted by Crippen LogP contribution is -2.49. The van der Waals surface area contributed by atoms with Crippen molar-refractivity contribution in [1.82, 2.24) is 10.2 Å². The third-order valence-corrected chi connectivity index (χ3v) is 5.40. The quantitative estimate of drug-likeness (QED) is 0.644. The SMILES string of the molecule is CN(C1CCNCC1)C1CS(=O)(=O)CC1O. The summed E-state index contributed by atoms with van der Waals surface area (Å²) in [6.45, 7) is 1.95. The van der Waals surface area contributed by atoms with Crippen molar-refractivity contribution < 1.29 is 13.5 Å². The van der Waals surface area contributed by atoms with Gasteiger partial charge in [-0.1, -0.05) is 0 Å². The van der Waals surface area contributed by atoms with E-state index in [-0.39, 0.29) is 17.5 Å². The third-order valence-electron chi connectivity index (χ3n) is 3.70. The van der Waals surface area contributed by atoms with Crippen LogP contribution < -0.4 is 5.32 Å². The number of rotatable bonds is 2. The van der Waals surface area contributed by atoms with Gasteiger partial charge in [-0.05, 0) is 33.0 Å². The molecule has 16 heavy (non-hydrogen) atoms. The molecule has 2 aliphatic heterocycles. The van der Waals surface area contributed by atoms with E-state index in [1.54, 1.807) is 0 Å². The Morgan fingerprint density at radius 2 is 1.88 bits per heavy atom. The van der Waals surface area contributed by atoms with Gasteiger partial charge in [0.25, 0.3) is 0 Å². The zero-order chi connectivity index (χ0) is 11.8. The Morgan fingerprint density at radius 1 is 1.25 bits per heavy atom. The van der Waals surface area contributed by atoms with Crippen LogP contribution in [0.15, 0.2) is 0 Å². The van der Waals surface area contributed by atoms with E-state index in [1.165, 1.54) is 0 Å². The fourth-order valence-electron chi connectivity index (χ4n) is 2.68. The predicted octanol–water partition coefficient (Wildman–Crippen LogP) is -1.17. The molecular formula is C10H20N2O3S. The number of nitrogens with zero attached hydrogens (tertiary/aromatic N) is 1. The molecule has 2 aliphatic rings. The van der Waals surface area contributed by atoms with Gasteiger partial charge in [-0.25, -0.2) is 8.42 Å². The Labute approximate surface area is 96.7 Å². The molecule has 0 aliphatic carbocycles. The van der Waals surface area contributed by atoms with Crippen LogP contribution in [0, 0.1) is 0 Å². The average Bonchev–Trinajstić information content (AvgIpc) is 2.52. The number of likely N-dealkylation sites (N-methyl/N-ethyl adjacent to an activating group) is 1. The summed E-state index contributed by atoms with van der Waals surface area (Å²) >= 11 is 0. The number of aliphatic hydroxyl groups excluding tert-OH is 1. The zero-order valence-electron chi connectivity index (χ0n) is 9.59. The van der Waals surface area contributed by atoms with Crippen LogP contribution in [0.2, 0.25) is 0 Å². The van der Waals surface area contributed by atoms with Crippen LogP contribution in [0.1, 0.15) is 12.8 Å². The summed E-state index contributed by atoms with van der Waals surface area (Å²) in [5.41, 5.74) is 0. The normalized spacial score (nSPS) is 35.7. The Kier molecular flexibility index (Phi) is 3.53. The summed E-state index contributed by atoms with van der Waals surface area (Å²) in [6.07, 6.45) is 1.34. The van der Waals surface area contributed by atoms with Gasteiger partial charge < -0.3 is 10.4 Å². The number of nitrogens with one attached hydrogen (secondary N) is 1. The van der Waals surface area contributed by atoms with Crippen molar-refractivity contribution in [3.8, 4) is 0 Å². The van der Waals surface area contributed by atoms with Crippen molar-refractivity contribution in [3.63, 3.8) is 0 Å². The van der Waals surface area contributed by atoms with Crippen molar-refractivity contribution in [3.05, 3.63) is 0 Å². The number of hydrogen-bond donors (Lipinski definition) is 2. The van der Waals surface area contributed by atoms with Crippen molar-refractivity contribution >= 4 is 9.84 Å². The topological polar surface area (TPSA) is 69.6 Å². The first kappa shape index (κ1) is 12.3. The standard InChI is InChI=1S/C10H20N2O3S/c1-12(8-2-4-11-5-3-8)9-6-16(14,15)7-10(9)13/h8-11,13H,2-7H2,1H3. The van der Waals surface area contributed by atoms with Gasteiger partial charge in [-0.3, -0.25) is 4.90 Å². The van der Waals surface area contributed by atoms with Gasteiger partial charge in [0, 0.05) is 6.04 Å². The molecule has 0 aromatic carbocycles. The van der Waals surface area contributed by atoms with E-state index in [9.17, 15) is 13.5 Å². The molecule has 2 rings (SSSR count). The molecule has 94 valence electrons. The number of hydrogen-bond acceptors (Lipinski definition) is 5. The lowest BCUT2D eigenvalue weighted by molar-refractivity contribution is 0.0629. The molecule has 6 heteroatoms. The van der Waals surface area contributed by atoms with Gasteiger partial charge >= 0.3 is 0 Å². The molecular weight excluding hydrogens is 228 g/mol. The summed E-state index contributed by atoms with van der Waals surface area (Å²) in [7, 11) is -1.10. The van der Waals surface area contributed by atoms with Crippen LogP contribution in [0.25, 0.3) is 0 Å². The van der Waals surface area contributed by atoms with Crippen LogP contribution in [0.4, 0.5) is 0 Å². The van der Waals surface area contributed by atoms with E-state index in [2.05, 4.69) is 10.2 Å². The second-order valence-electron chi connectivity index (χ2n) is 4.86. The highest BCUT2D eigenvalue weighted by atomic mass is 32.2.